The lowest BCUT2D eigenvalue weighted by Gasteiger charge is -2.31. The fraction of sp³-hybridized carbons (Fsp3) is 0.500. The highest BCUT2D eigenvalue weighted by Crippen LogP contribution is 2.20. The molecule has 1 aromatic rings. The van der Waals surface area contributed by atoms with E-state index in [0.717, 1.165) is 25.9 Å². The molecule has 1 heterocycles. The normalized spacial score (nSPS) is 18.2. The number of carbonyl (C=O) groups is 1. The van der Waals surface area contributed by atoms with Crippen molar-refractivity contribution < 1.29 is 13.2 Å². The first-order valence-electron chi connectivity index (χ1n) is 7.80. The molecule has 1 N–H and O–H groups in total. The first-order valence-corrected chi connectivity index (χ1v) is 9.66. The van der Waals surface area contributed by atoms with E-state index in [2.05, 4.69) is 11.6 Å². The lowest BCUT2D eigenvalue weighted by molar-refractivity contribution is -0.132. The van der Waals surface area contributed by atoms with Crippen LogP contribution in [0.3, 0.4) is 0 Å². The summed E-state index contributed by atoms with van der Waals surface area (Å²) in [5.74, 6) is 0.447. The molecule has 1 aliphatic rings. The van der Waals surface area contributed by atoms with Gasteiger partial charge in [0.1, 0.15) is 6.07 Å². The number of likely N-dealkylation sites (tertiary alicyclic amines) is 1. The van der Waals surface area contributed by atoms with E-state index < -0.39 is 10.0 Å². The van der Waals surface area contributed by atoms with Crippen molar-refractivity contribution in [2.45, 2.75) is 31.1 Å². The first-order chi connectivity index (χ1) is 11.3. The van der Waals surface area contributed by atoms with E-state index in [9.17, 15) is 13.2 Å². The fourth-order valence-corrected chi connectivity index (χ4v) is 4.05. The van der Waals surface area contributed by atoms with Crippen LogP contribution in [0.1, 0.15) is 31.7 Å². The average molecular weight is 370 g/mol. The van der Waals surface area contributed by atoms with Crippen molar-refractivity contribution in [2.75, 3.05) is 19.6 Å². The van der Waals surface area contributed by atoms with Gasteiger partial charge in [-0.05, 0) is 37.0 Å². The van der Waals surface area contributed by atoms with Crippen LogP contribution in [0.15, 0.2) is 23.1 Å². The summed E-state index contributed by atoms with van der Waals surface area (Å²) in [6, 6.07) is 5.79. The Morgan fingerprint density at radius 1 is 1.50 bits per heavy atom. The maximum absolute atomic E-state index is 12.2. The number of carbonyl (C=O) groups excluding carboxylic acids is 1. The molecular formula is C16H20ClN3O3S. The molecule has 0 saturated carbocycles. The van der Waals surface area contributed by atoms with E-state index in [1.807, 2.05) is 6.07 Å². The van der Waals surface area contributed by atoms with Crippen LogP contribution < -0.4 is 4.72 Å². The van der Waals surface area contributed by atoms with Crippen molar-refractivity contribution in [1.82, 2.24) is 9.62 Å². The van der Waals surface area contributed by atoms with Gasteiger partial charge in [0.15, 0.2) is 0 Å². The number of halogens is 1. The maximum Gasteiger partial charge on any atom is 0.240 e. The zero-order chi connectivity index (χ0) is 17.7. The first kappa shape index (κ1) is 18.7. The quantitative estimate of drug-likeness (QED) is 0.860. The van der Waals surface area contributed by atoms with E-state index in [1.165, 1.54) is 18.2 Å². The molecule has 0 aromatic heterocycles. The Balaban J connectivity index is 1.92. The Labute approximate surface area is 147 Å². The Morgan fingerprint density at radius 3 is 2.88 bits per heavy atom. The largest absolute Gasteiger partial charge is 0.342 e. The number of nitriles is 1. The second-order valence-electron chi connectivity index (χ2n) is 5.99. The highest BCUT2D eigenvalue weighted by Gasteiger charge is 2.21. The third kappa shape index (κ3) is 4.69. The molecule has 1 fully saturated rings. The van der Waals surface area contributed by atoms with Gasteiger partial charge in [-0.2, -0.15) is 5.26 Å². The molecule has 24 heavy (non-hydrogen) atoms. The Bertz CT molecular complexity index is 758. The number of hydrogen-bond acceptors (Lipinski definition) is 4. The van der Waals surface area contributed by atoms with Crippen molar-refractivity contribution >= 4 is 27.5 Å². The summed E-state index contributed by atoms with van der Waals surface area (Å²) in [6.45, 7) is 3.61. The van der Waals surface area contributed by atoms with Crippen molar-refractivity contribution in [1.29, 1.82) is 5.26 Å². The fourth-order valence-electron chi connectivity index (χ4n) is 2.70. The molecule has 2 rings (SSSR count). The molecule has 0 radical (unpaired) electrons. The molecule has 1 aromatic carbocycles. The Hall–Kier alpha value is -1.62. The van der Waals surface area contributed by atoms with Crippen molar-refractivity contribution in [2.24, 2.45) is 5.92 Å². The molecule has 1 amide bonds. The van der Waals surface area contributed by atoms with Gasteiger partial charge in [0, 0.05) is 26.1 Å². The molecule has 130 valence electrons. The number of amides is 1. The Morgan fingerprint density at radius 2 is 2.25 bits per heavy atom. The number of nitrogens with zero attached hydrogens (tertiary/aromatic N) is 2. The second-order valence-corrected chi connectivity index (χ2v) is 8.16. The Kier molecular flexibility index (Phi) is 6.21. The van der Waals surface area contributed by atoms with Crippen LogP contribution in [0.2, 0.25) is 5.02 Å². The minimum Gasteiger partial charge on any atom is -0.342 e. The third-order valence-electron chi connectivity index (χ3n) is 4.01. The van der Waals surface area contributed by atoms with E-state index in [4.69, 9.17) is 16.9 Å². The van der Waals surface area contributed by atoms with Crippen molar-refractivity contribution in [3.63, 3.8) is 0 Å². The molecule has 0 aliphatic carbocycles. The van der Waals surface area contributed by atoms with Gasteiger partial charge in [-0.15, -0.1) is 0 Å². The summed E-state index contributed by atoms with van der Waals surface area (Å²) in [4.78, 5) is 13.9. The molecule has 1 unspecified atom stereocenters. The maximum atomic E-state index is 12.2. The van der Waals surface area contributed by atoms with E-state index in [0.29, 0.717) is 5.92 Å². The SMILES string of the molecule is CC1CCCN(C(=O)CCNS(=O)(=O)c2ccc(C#N)c(Cl)c2)C1. The van der Waals surface area contributed by atoms with Gasteiger partial charge in [0.2, 0.25) is 15.9 Å². The molecule has 1 aliphatic heterocycles. The van der Waals surface area contributed by atoms with Crippen molar-refractivity contribution in [3.05, 3.63) is 28.8 Å². The predicted molar refractivity (Wildman–Crippen MR) is 91.0 cm³/mol. The minimum absolute atomic E-state index is 0.0226. The van der Waals surface area contributed by atoms with Gasteiger partial charge in [-0.25, -0.2) is 13.1 Å². The number of hydrogen-bond donors (Lipinski definition) is 1. The molecule has 0 spiro atoms. The van der Waals surface area contributed by atoms with E-state index in [-0.39, 0.29) is 34.4 Å². The summed E-state index contributed by atoms with van der Waals surface area (Å²) in [6.07, 6.45) is 2.23. The van der Waals surface area contributed by atoms with Crippen LogP contribution in [-0.4, -0.2) is 38.9 Å². The van der Waals surface area contributed by atoms with Crippen LogP contribution in [0.25, 0.3) is 0 Å². The summed E-state index contributed by atoms with van der Waals surface area (Å²) in [5.41, 5.74) is 0.213. The number of rotatable bonds is 5. The molecule has 0 bridgehead atoms. The summed E-state index contributed by atoms with van der Waals surface area (Å²) < 4.78 is 26.8. The molecule has 1 atom stereocenters. The van der Waals surface area contributed by atoms with Crippen molar-refractivity contribution in [3.8, 4) is 6.07 Å². The van der Waals surface area contributed by atoms with Gasteiger partial charge in [0.05, 0.1) is 15.5 Å². The van der Waals surface area contributed by atoms with Crippen LogP contribution >= 0.6 is 11.6 Å². The smallest absolute Gasteiger partial charge is 0.240 e. The topological polar surface area (TPSA) is 90.3 Å². The number of piperidine rings is 1. The van der Waals surface area contributed by atoms with Gasteiger partial charge >= 0.3 is 0 Å². The monoisotopic (exact) mass is 369 g/mol. The number of sulfonamides is 1. The summed E-state index contributed by atoms with van der Waals surface area (Å²) in [7, 11) is -3.76. The van der Waals surface area contributed by atoms with Gasteiger partial charge in [0.25, 0.3) is 0 Å². The molecule has 8 heteroatoms. The zero-order valence-corrected chi connectivity index (χ0v) is 15.0. The molecule has 6 nitrogen and oxygen atoms in total. The molecular weight excluding hydrogens is 350 g/mol. The number of benzene rings is 1. The summed E-state index contributed by atoms with van der Waals surface area (Å²) >= 11 is 5.86. The molecule has 1 saturated heterocycles. The minimum atomic E-state index is -3.76. The van der Waals surface area contributed by atoms with Crippen LogP contribution in [-0.2, 0) is 14.8 Å². The number of nitrogens with one attached hydrogen (secondary N) is 1. The van der Waals surface area contributed by atoms with Gasteiger partial charge in [-0.1, -0.05) is 18.5 Å². The standard InChI is InChI=1S/C16H20ClN3O3S/c1-12-3-2-8-20(11-12)16(21)6-7-19-24(22,23)14-5-4-13(10-18)15(17)9-14/h4-5,9,12,19H,2-3,6-8,11H2,1H3. The lowest BCUT2D eigenvalue weighted by atomic mass is 10.0. The second kappa shape index (κ2) is 7.97. The zero-order valence-electron chi connectivity index (χ0n) is 13.5. The van der Waals surface area contributed by atoms with Gasteiger partial charge in [-0.3, -0.25) is 4.79 Å². The van der Waals surface area contributed by atoms with E-state index in [1.54, 1.807) is 4.90 Å². The van der Waals surface area contributed by atoms with E-state index >= 15 is 0 Å². The van der Waals surface area contributed by atoms with Gasteiger partial charge < -0.3 is 4.90 Å². The average Bonchev–Trinajstić information content (AvgIpc) is 2.54. The van der Waals surface area contributed by atoms with Crippen LogP contribution in [0.5, 0.6) is 0 Å². The predicted octanol–water partition coefficient (Wildman–Crippen LogP) is 2.14. The third-order valence-corrected chi connectivity index (χ3v) is 5.78. The highest BCUT2D eigenvalue weighted by atomic mass is 35.5. The van der Waals surface area contributed by atoms with Crippen LogP contribution in [0, 0.1) is 17.2 Å². The lowest BCUT2D eigenvalue weighted by Crippen LogP contribution is -2.40. The highest BCUT2D eigenvalue weighted by molar-refractivity contribution is 7.89. The van der Waals surface area contributed by atoms with Crippen LogP contribution in [0.4, 0.5) is 0 Å². The summed E-state index contributed by atoms with van der Waals surface area (Å²) in [5, 5.41) is 8.90.